The van der Waals surface area contributed by atoms with E-state index in [-0.39, 0.29) is 11.3 Å². The number of fused-ring (bicyclic) bond motifs is 1. The second-order valence-electron chi connectivity index (χ2n) is 8.00. The Morgan fingerprint density at radius 1 is 1.06 bits per heavy atom. The number of ketones is 1. The molecular weight excluding hydrogens is 438 g/mol. The van der Waals surface area contributed by atoms with Crippen molar-refractivity contribution in [3.05, 3.63) is 77.3 Å². The summed E-state index contributed by atoms with van der Waals surface area (Å²) in [5.74, 6) is 0.131. The van der Waals surface area contributed by atoms with Crippen LogP contribution in [0.15, 0.2) is 64.8 Å². The summed E-state index contributed by atoms with van der Waals surface area (Å²) < 4.78 is 21.9. The van der Waals surface area contributed by atoms with E-state index in [1.807, 2.05) is 0 Å². The average Bonchev–Trinajstić information content (AvgIpc) is 3.49. The van der Waals surface area contributed by atoms with E-state index in [0.717, 1.165) is 24.2 Å². The number of ether oxygens (including phenoxy) is 3. The van der Waals surface area contributed by atoms with E-state index in [0.29, 0.717) is 35.1 Å². The molecule has 34 heavy (non-hydrogen) atoms. The Morgan fingerprint density at radius 2 is 1.88 bits per heavy atom. The first kappa shape index (κ1) is 21.6. The van der Waals surface area contributed by atoms with Crippen LogP contribution in [0.5, 0.6) is 17.2 Å². The summed E-state index contributed by atoms with van der Waals surface area (Å²) in [5, 5.41) is 11.3. The Morgan fingerprint density at radius 3 is 2.62 bits per heavy atom. The topological polar surface area (TPSA) is 98.4 Å². The summed E-state index contributed by atoms with van der Waals surface area (Å²) in [7, 11) is 3.00. The number of aryl methyl sites for hydroxylation is 1. The molecule has 0 aliphatic carbocycles. The third kappa shape index (κ3) is 3.48. The van der Waals surface area contributed by atoms with Gasteiger partial charge in [0.2, 0.25) is 0 Å². The quantitative estimate of drug-likeness (QED) is 0.345. The van der Waals surface area contributed by atoms with E-state index in [1.165, 1.54) is 25.4 Å². The van der Waals surface area contributed by atoms with Crippen molar-refractivity contribution in [1.82, 2.24) is 0 Å². The van der Waals surface area contributed by atoms with Gasteiger partial charge in [0.15, 0.2) is 11.5 Å². The van der Waals surface area contributed by atoms with Gasteiger partial charge in [-0.3, -0.25) is 14.5 Å². The molecule has 5 rings (SSSR count). The molecule has 2 aliphatic heterocycles. The highest BCUT2D eigenvalue weighted by Crippen LogP contribution is 2.44. The summed E-state index contributed by atoms with van der Waals surface area (Å²) in [5.41, 5.74) is 1.73. The summed E-state index contributed by atoms with van der Waals surface area (Å²) in [4.78, 5) is 27.8. The highest BCUT2D eigenvalue weighted by molar-refractivity contribution is 6.51. The highest BCUT2D eigenvalue weighted by Gasteiger charge is 2.48. The van der Waals surface area contributed by atoms with Crippen LogP contribution in [0, 0.1) is 0 Å². The molecule has 3 heterocycles. The molecule has 1 N–H and O–H groups in total. The number of aliphatic hydroxyl groups is 1. The van der Waals surface area contributed by atoms with Gasteiger partial charge in [0.05, 0.1) is 32.7 Å². The summed E-state index contributed by atoms with van der Waals surface area (Å²) in [6, 6.07) is 12.5. The van der Waals surface area contributed by atoms with Gasteiger partial charge in [-0.05, 0) is 60.9 Å². The molecule has 2 aromatic carbocycles. The van der Waals surface area contributed by atoms with Crippen LogP contribution < -0.4 is 19.1 Å². The van der Waals surface area contributed by atoms with Gasteiger partial charge in [-0.2, -0.15) is 0 Å². The number of Topliss-reactive ketones (excluding diaryl/α,β-unsaturated/α-hetero) is 1. The molecule has 0 saturated carbocycles. The van der Waals surface area contributed by atoms with Gasteiger partial charge in [0, 0.05) is 17.3 Å². The largest absolute Gasteiger partial charge is 0.507 e. The number of carbonyl (C=O) groups excluding carboxylic acids is 2. The minimum atomic E-state index is -0.958. The van der Waals surface area contributed by atoms with Gasteiger partial charge in [-0.15, -0.1) is 0 Å². The van der Waals surface area contributed by atoms with Crippen LogP contribution in [0.3, 0.4) is 0 Å². The lowest BCUT2D eigenvalue weighted by atomic mass is 9.96. The predicted molar refractivity (Wildman–Crippen MR) is 123 cm³/mol. The number of methoxy groups -OCH3 is 2. The first-order valence-corrected chi connectivity index (χ1v) is 10.9. The van der Waals surface area contributed by atoms with Crippen molar-refractivity contribution in [3.63, 3.8) is 0 Å². The van der Waals surface area contributed by atoms with E-state index in [9.17, 15) is 14.7 Å². The molecule has 1 amide bonds. The fourth-order valence-corrected chi connectivity index (χ4v) is 4.45. The molecule has 0 spiro atoms. The molecule has 2 aliphatic rings. The lowest BCUT2D eigenvalue weighted by Gasteiger charge is -2.24. The summed E-state index contributed by atoms with van der Waals surface area (Å²) >= 11 is 0. The molecule has 3 aromatic rings. The maximum atomic E-state index is 13.2. The van der Waals surface area contributed by atoms with Crippen molar-refractivity contribution < 1.29 is 33.3 Å². The second-order valence-corrected chi connectivity index (χ2v) is 8.00. The smallest absolute Gasteiger partial charge is 0.300 e. The van der Waals surface area contributed by atoms with Gasteiger partial charge in [-0.1, -0.05) is 0 Å². The van der Waals surface area contributed by atoms with Crippen LogP contribution in [0.2, 0.25) is 0 Å². The number of hydrogen-bond donors (Lipinski definition) is 1. The minimum Gasteiger partial charge on any atom is -0.507 e. The maximum Gasteiger partial charge on any atom is 0.300 e. The highest BCUT2D eigenvalue weighted by atomic mass is 16.5. The zero-order chi connectivity index (χ0) is 23.8. The number of rotatable bonds is 5. The number of aliphatic hydroxyl groups excluding tert-OH is 1. The number of hydrogen-bond acceptors (Lipinski definition) is 7. The monoisotopic (exact) mass is 461 g/mol. The minimum absolute atomic E-state index is 0.0496. The average molecular weight is 461 g/mol. The van der Waals surface area contributed by atoms with Crippen molar-refractivity contribution in [2.45, 2.75) is 18.9 Å². The number of nitrogens with zero attached hydrogens (tertiary/aromatic N) is 1. The molecule has 1 unspecified atom stereocenters. The Balaban J connectivity index is 1.66. The van der Waals surface area contributed by atoms with Crippen LogP contribution in [-0.4, -0.2) is 37.6 Å². The Kier molecular flexibility index (Phi) is 5.49. The van der Waals surface area contributed by atoms with Crippen LogP contribution >= 0.6 is 0 Å². The third-order valence-corrected chi connectivity index (χ3v) is 6.08. The lowest BCUT2D eigenvalue weighted by molar-refractivity contribution is -0.132. The van der Waals surface area contributed by atoms with E-state index < -0.39 is 17.7 Å². The van der Waals surface area contributed by atoms with Crippen molar-refractivity contribution in [3.8, 4) is 17.2 Å². The third-order valence-electron chi connectivity index (χ3n) is 6.08. The fourth-order valence-electron chi connectivity index (χ4n) is 4.45. The molecule has 8 nitrogen and oxygen atoms in total. The second kappa shape index (κ2) is 8.62. The van der Waals surface area contributed by atoms with Crippen molar-refractivity contribution in [1.29, 1.82) is 0 Å². The van der Waals surface area contributed by atoms with Crippen LogP contribution in [0.1, 0.15) is 29.3 Å². The predicted octanol–water partition coefficient (Wildman–Crippen LogP) is 4.25. The molecule has 174 valence electrons. The van der Waals surface area contributed by atoms with Gasteiger partial charge in [-0.25, -0.2) is 0 Å². The SMILES string of the molecule is COc1ccc(N2C(=O)C(=O)/C(=C(\O)c3ccc4c(c3)CCCO4)C2c2ccco2)cc1OC. The van der Waals surface area contributed by atoms with Crippen molar-refractivity contribution >= 4 is 23.1 Å². The fraction of sp³-hybridized carbons (Fsp3) is 0.231. The number of benzene rings is 2. The Hall–Kier alpha value is -4.20. The van der Waals surface area contributed by atoms with E-state index in [2.05, 4.69) is 0 Å². The van der Waals surface area contributed by atoms with Crippen LogP contribution in [0.4, 0.5) is 5.69 Å². The number of amides is 1. The van der Waals surface area contributed by atoms with E-state index in [1.54, 1.807) is 48.5 Å². The maximum absolute atomic E-state index is 13.2. The molecule has 1 atom stereocenters. The van der Waals surface area contributed by atoms with E-state index in [4.69, 9.17) is 18.6 Å². The lowest BCUT2D eigenvalue weighted by Crippen LogP contribution is -2.29. The first-order valence-electron chi connectivity index (χ1n) is 10.9. The molecule has 0 bridgehead atoms. The summed E-state index contributed by atoms with van der Waals surface area (Å²) in [6.45, 7) is 0.646. The van der Waals surface area contributed by atoms with Crippen LogP contribution in [-0.2, 0) is 16.0 Å². The number of furan rings is 1. The number of anilines is 1. The molecule has 1 fully saturated rings. The molecule has 1 aromatic heterocycles. The molecule has 0 radical (unpaired) electrons. The molecule has 1 saturated heterocycles. The summed E-state index contributed by atoms with van der Waals surface area (Å²) in [6.07, 6.45) is 3.13. The van der Waals surface area contributed by atoms with Gasteiger partial charge >= 0.3 is 0 Å². The van der Waals surface area contributed by atoms with Gasteiger partial charge in [0.25, 0.3) is 11.7 Å². The van der Waals surface area contributed by atoms with Crippen molar-refractivity contribution in [2.24, 2.45) is 0 Å². The standard InChI is InChI=1S/C26H23NO7/c1-31-19-10-8-17(14-21(19)32-2)27-23(20-6-4-12-34-20)22(25(29)26(27)30)24(28)16-7-9-18-15(13-16)5-3-11-33-18/h4,6-10,12-14,23,28H,3,5,11H2,1-2H3/b24-22-. The normalized spacial score (nSPS) is 19.0. The molecule has 8 heteroatoms. The first-order chi connectivity index (χ1) is 16.5. The zero-order valence-electron chi connectivity index (χ0n) is 18.7. The Bertz CT molecular complexity index is 1290. The van der Waals surface area contributed by atoms with Crippen molar-refractivity contribution in [2.75, 3.05) is 25.7 Å². The van der Waals surface area contributed by atoms with Gasteiger partial charge < -0.3 is 23.7 Å². The van der Waals surface area contributed by atoms with Crippen LogP contribution in [0.25, 0.3) is 5.76 Å². The Labute approximate surface area is 196 Å². The van der Waals surface area contributed by atoms with E-state index >= 15 is 0 Å². The molecular formula is C26H23NO7. The number of carbonyl (C=O) groups is 2. The zero-order valence-corrected chi connectivity index (χ0v) is 18.7. The van der Waals surface area contributed by atoms with Gasteiger partial charge in [0.1, 0.15) is 23.3 Å².